The highest BCUT2D eigenvalue weighted by molar-refractivity contribution is 5.33. The van der Waals surface area contributed by atoms with Crippen LogP contribution in [0.25, 0.3) is 0 Å². The van der Waals surface area contributed by atoms with E-state index in [1.165, 1.54) is 6.42 Å². The van der Waals surface area contributed by atoms with E-state index in [1.807, 2.05) is 0 Å². The Kier molecular flexibility index (Phi) is 4.55. The Hall–Kier alpha value is -1.36. The Balaban J connectivity index is 1.82. The quantitative estimate of drug-likeness (QED) is 0.779. The second-order valence-corrected chi connectivity index (χ2v) is 4.33. The fourth-order valence-corrected chi connectivity index (χ4v) is 1.85. The Morgan fingerprint density at radius 3 is 3.24 bits per heavy atom. The predicted molar refractivity (Wildman–Crippen MR) is 67.3 cm³/mol. The second kappa shape index (κ2) is 6.39. The fraction of sp³-hybridized carbons (Fsp3) is 0.667. The molecule has 0 bridgehead atoms. The number of rotatable bonds is 6. The zero-order chi connectivity index (χ0) is 11.9. The van der Waals surface area contributed by atoms with Crippen molar-refractivity contribution >= 4 is 5.82 Å². The lowest BCUT2D eigenvalue weighted by atomic mass is 10.1. The standard InChI is InChI=1S/C12H20N4O/c1-2-5-17-12-9-14-8-11(16-12)15-7-10-3-4-13-6-10/h8-10,13H,2-7H2,1H3,(H,15,16). The van der Waals surface area contributed by atoms with Crippen molar-refractivity contribution < 1.29 is 4.74 Å². The van der Waals surface area contributed by atoms with Gasteiger partial charge >= 0.3 is 0 Å². The van der Waals surface area contributed by atoms with Gasteiger partial charge < -0.3 is 15.4 Å². The van der Waals surface area contributed by atoms with Gasteiger partial charge in [-0.25, -0.2) is 0 Å². The summed E-state index contributed by atoms with van der Waals surface area (Å²) in [6.45, 7) is 5.91. The first-order valence-corrected chi connectivity index (χ1v) is 6.28. The average molecular weight is 236 g/mol. The lowest BCUT2D eigenvalue weighted by molar-refractivity contribution is 0.304. The summed E-state index contributed by atoms with van der Waals surface area (Å²) in [7, 11) is 0. The molecule has 0 amide bonds. The highest BCUT2D eigenvalue weighted by Crippen LogP contribution is 2.12. The van der Waals surface area contributed by atoms with E-state index < -0.39 is 0 Å². The summed E-state index contributed by atoms with van der Waals surface area (Å²) >= 11 is 0. The molecule has 1 atom stereocenters. The van der Waals surface area contributed by atoms with Gasteiger partial charge in [0.15, 0.2) is 0 Å². The van der Waals surface area contributed by atoms with Crippen LogP contribution in [0.1, 0.15) is 19.8 Å². The second-order valence-electron chi connectivity index (χ2n) is 4.33. The minimum Gasteiger partial charge on any atom is -0.477 e. The van der Waals surface area contributed by atoms with Crippen LogP contribution in [0.2, 0.25) is 0 Å². The predicted octanol–water partition coefficient (Wildman–Crippen LogP) is 1.29. The van der Waals surface area contributed by atoms with Gasteiger partial charge in [-0.05, 0) is 31.8 Å². The van der Waals surface area contributed by atoms with Crippen molar-refractivity contribution in [1.82, 2.24) is 15.3 Å². The molecule has 17 heavy (non-hydrogen) atoms. The molecule has 1 aliphatic rings. The van der Waals surface area contributed by atoms with E-state index in [4.69, 9.17) is 4.74 Å². The number of hydrogen-bond donors (Lipinski definition) is 2. The Morgan fingerprint density at radius 2 is 2.47 bits per heavy atom. The SMILES string of the molecule is CCCOc1cncc(NCC2CCNC2)n1. The first-order chi connectivity index (χ1) is 8.38. The highest BCUT2D eigenvalue weighted by atomic mass is 16.5. The Bertz CT molecular complexity index is 339. The molecule has 0 saturated carbocycles. The molecule has 2 heterocycles. The molecule has 5 nitrogen and oxygen atoms in total. The first kappa shape index (κ1) is 12.1. The molecular weight excluding hydrogens is 216 g/mol. The largest absolute Gasteiger partial charge is 0.477 e. The van der Waals surface area contributed by atoms with Crippen LogP contribution < -0.4 is 15.4 Å². The zero-order valence-electron chi connectivity index (χ0n) is 10.3. The summed E-state index contributed by atoms with van der Waals surface area (Å²) in [5, 5.41) is 6.66. The van der Waals surface area contributed by atoms with E-state index >= 15 is 0 Å². The van der Waals surface area contributed by atoms with Gasteiger partial charge in [-0.3, -0.25) is 4.98 Å². The molecule has 94 valence electrons. The van der Waals surface area contributed by atoms with Crippen LogP contribution in [0.15, 0.2) is 12.4 Å². The number of nitrogens with one attached hydrogen (secondary N) is 2. The van der Waals surface area contributed by atoms with E-state index in [0.29, 0.717) is 18.4 Å². The maximum atomic E-state index is 5.44. The molecule has 1 aromatic rings. The van der Waals surface area contributed by atoms with Gasteiger partial charge in [0.05, 0.1) is 19.0 Å². The van der Waals surface area contributed by atoms with Crippen molar-refractivity contribution in [3.63, 3.8) is 0 Å². The van der Waals surface area contributed by atoms with E-state index in [0.717, 1.165) is 31.9 Å². The van der Waals surface area contributed by atoms with E-state index in [9.17, 15) is 0 Å². The summed E-state index contributed by atoms with van der Waals surface area (Å²) < 4.78 is 5.44. The van der Waals surface area contributed by atoms with Crippen LogP contribution >= 0.6 is 0 Å². The number of aromatic nitrogens is 2. The smallest absolute Gasteiger partial charge is 0.234 e. The van der Waals surface area contributed by atoms with Gasteiger partial charge in [0.2, 0.25) is 5.88 Å². The third kappa shape index (κ3) is 3.85. The highest BCUT2D eigenvalue weighted by Gasteiger charge is 2.13. The van der Waals surface area contributed by atoms with Crippen molar-refractivity contribution in [1.29, 1.82) is 0 Å². The molecule has 2 rings (SSSR count). The lowest BCUT2D eigenvalue weighted by Gasteiger charge is -2.11. The van der Waals surface area contributed by atoms with Gasteiger partial charge in [-0.15, -0.1) is 0 Å². The van der Waals surface area contributed by atoms with Crippen molar-refractivity contribution in [2.24, 2.45) is 5.92 Å². The molecule has 0 aromatic carbocycles. The van der Waals surface area contributed by atoms with Gasteiger partial charge in [-0.1, -0.05) is 6.92 Å². The average Bonchev–Trinajstić information content (AvgIpc) is 2.87. The third-order valence-corrected chi connectivity index (χ3v) is 2.80. The topological polar surface area (TPSA) is 59.1 Å². The van der Waals surface area contributed by atoms with Crippen LogP contribution in [0.3, 0.4) is 0 Å². The molecule has 1 saturated heterocycles. The van der Waals surface area contributed by atoms with Gasteiger partial charge in [0, 0.05) is 6.54 Å². The fourth-order valence-electron chi connectivity index (χ4n) is 1.85. The maximum absolute atomic E-state index is 5.44. The van der Waals surface area contributed by atoms with Gasteiger partial charge in [0.25, 0.3) is 0 Å². The normalized spacial score (nSPS) is 19.2. The molecule has 1 aromatic heterocycles. The molecule has 0 spiro atoms. The maximum Gasteiger partial charge on any atom is 0.234 e. The Morgan fingerprint density at radius 1 is 1.53 bits per heavy atom. The molecule has 0 aliphatic carbocycles. The first-order valence-electron chi connectivity index (χ1n) is 6.28. The van der Waals surface area contributed by atoms with E-state index in [2.05, 4.69) is 27.5 Å². The summed E-state index contributed by atoms with van der Waals surface area (Å²) in [6.07, 6.45) is 5.60. The molecule has 1 unspecified atom stereocenters. The molecule has 0 radical (unpaired) electrons. The van der Waals surface area contributed by atoms with Crippen LogP contribution in [0, 0.1) is 5.92 Å². The number of nitrogens with zero attached hydrogens (tertiary/aromatic N) is 2. The van der Waals surface area contributed by atoms with Gasteiger partial charge in [-0.2, -0.15) is 4.98 Å². The zero-order valence-corrected chi connectivity index (χ0v) is 10.3. The summed E-state index contributed by atoms with van der Waals surface area (Å²) in [6, 6.07) is 0. The number of hydrogen-bond acceptors (Lipinski definition) is 5. The van der Waals surface area contributed by atoms with Crippen LogP contribution in [0.5, 0.6) is 5.88 Å². The lowest BCUT2D eigenvalue weighted by Crippen LogP contribution is -2.17. The molecule has 2 N–H and O–H groups in total. The summed E-state index contributed by atoms with van der Waals surface area (Å²) in [5.41, 5.74) is 0. The monoisotopic (exact) mass is 236 g/mol. The van der Waals surface area contributed by atoms with Crippen molar-refractivity contribution in [3.05, 3.63) is 12.4 Å². The molecular formula is C12H20N4O. The summed E-state index contributed by atoms with van der Waals surface area (Å²) in [5.74, 6) is 2.09. The van der Waals surface area contributed by atoms with E-state index in [1.54, 1.807) is 12.4 Å². The van der Waals surface area contributed by atoms with Crippen LogP contribution in [-0.4, -0.2) is 36.2 Å². The minimum atomic E-state index is 0.599. The van der Waals surface area contributed by atoms with Crippen LogP contribution in [-0.2, 0) is 0 Å². The number of ether oxygens (including phenoxy) is 1. The van der Waals surface area contributed by atoms with Crippen molar-refractivity contribution in [2.75, 3.05) is 31.6 Å². The van der Waals surface area contributed by atoms with E-state index in [-0.39, 0.29) is 0 Å². The molecule has 5 heteroatoms. The number of anilines is 1. The molecule has 1 fully saturated rings. The molecule has 1 aliphatic heterocycles. The van der Waals surface area contributed by atoms with Crippen molar-refractivity contribution in [2.45, 2.75) is 19.8 Å². The minimum absolute atomic E-state index is 0.599. The van der Waals surface area contributed by atoms with Crippen molar-refractivity contribution in [3.8, 4) is 5.88 Å². The summed E-state index contributed by atoms with van der Waals surface area (Å²) in [4.78, 5) is 8.47. The third-order valence-electron chi connectivity index (χ3n) is 2.80. The van der Waals surface area contributed by atoms with Gasteiger partial charge in [0.1, 0.15) is 5.82 Å². The Labute approximate surface area is 102 Å². The van der Waals surface area contributed by atoms with Crippen LogP contribution in [0.4, 0.5) is 5.82 Å².